The summed E-state index contributed by atoms with van der Waals surface area (Å²) in [6.45, 7) is 1.68. The molecular formula is C26H29N3O5. The molecule has 3 aromatic rings. The predicted molar refractivity (Wildman–Crippen MR) is 125 cm³/mol. The van der Waals surface area contributed by atoms with Crippen LogP contribution in [0.1, 0.15) is 59.4 Å². The van der Waals surface area contributed by atoms with E-state index in [4.69, 9.17) is 8.83 Å². The van der Waals surface area contributed by atoms with Gasteiger partial charge in [-0.15, -0.1) is 0 Å². The topological polar surface area (TPSA) is 105 Å². The summed E-state index contributed by atoms with van der Waals surface area (Å²) in [4.78, 5) is 40.7. The molecule has 0 aliphatic heterocycles. The summed E-state index contributed by atoms with van der Waals surface area (Å²) in [5, 5.41) is 5.69. The molecule has 3 amide bonds. The van der Waals surface area contributed by atoms with Crippen molar-refractivity contribution in [3.63, 3.8) is 0 Å². The van der Waals surface area contributed by atoms with Crippen molar-refractivity contribution in [3.05, 3.63) is 83.7 Å². The summed E-state index contributed by atoms with van der Waals surface area (Å²) in [5.41, 5.74) is 0.857. The lowest BCUT2D eigenvalue weighted by Gasteiger charge is -2.31. The first-order valence-corrected chi connectivity index (χ1v) is 11.5. The fourth-order valence-corrected chi connectivity index (χ4v) is 4.23. The Hall–Kier alpha value is -3.81. The first-order chi connectivity index (χ1) is 16.5. The average Bonchev–Trinajstić information content (AvgIpc) is 3.61. The number of carbonyl (C=O) groups is 3. The SMILES string of the molecule is Cc1ccc([C@H](C(=O)NC2CCCC2)N(Cc2ccccc2)C(=O)CNC(=O)c2ccco2)o1. The van der Waals surface area contributed by atoms with Crippen LogP contribution in [0.3, 0.4) is 0 Å². The molecule has 2 aromatic heterocycles. The lowest BCUT2D eigenvalue weighted by atomic mass is 10.1. The molecule has 1 fully saturated rings. The monoisotopic (exact) mass is 463 g/mol. The summed E-state index contributed by atoms with van der Waals surface area (Å²) < 4.78 is 10.9. The molecule has 1 atom stereocenters. The number of amides is 3. The Balaban J connectivity index is 1.60. The van der Waals surface area contributed by atoms with Gasteiger partial charge in [-0.05, 0) is 49.6 Å². The average molecular weight is 464 g/mol. The number of rotatable bonds is 9. The third-order valence-electron chi connectivity index (χ3n) is 5.95. The minimum absolute atomic E-state index is 0.0818. The third-order valence-corrected chi connectivity index (χ3v) is 5.95. The highest BCUT2D eigenvalue weighted by Crippen LogP contribution is 2.27. The number of benzene rings is 1. The van der Waals surface area contributed by atoms with Gasteiger partial charge in [0.05, 0.1) is 12.8 Å². The van der Waals surface area contributed by atoms with Crippen molar-refractivity contribution in [2.24, 2.45) is 0 Å². The van der Waals surface area contributed by atoms with Gasteiger partial charge in [-0.1, -0.05) is 43.2 Å². The van der Waals surface area contributed by atoms with Crippen molar-refractivity contribution in [1.29, 1.82) is 0 Å². The minimum Gasteiger partial charge on any atom is -0.464 e. The van der Waals surface area contributed by atoms with Crippen molar-refractivity contribution < 1.29 is 23.2 Å². The zero-order valence-corrected chi connectivity index (χ0v) is 19.2. The van der Waals surface area contributed by atoms with E-state index in [2.05, 4.69) is 10.6 Å². The van der Waals surface area contributed by atoms with Crippen molar-refractivity contribution in [2.75, 3.05) is 6.54 Å². The molecule has 1 aliphatic rings. The van der Waals surface area contributed by atoms with Crippen LogP contribution in [0.15, 0.2) is 69.7 Å². The van der Waals surface area contributed by atoms with Gasteiger partial charge >= 0.3 is 0 Å². The lowest BCUT2D eigenvalue weighted by molar-refractivity contribution is -0.141. The summed E-state index contributed by atoms with van der Waals surface area (Å²) in [6.07, 6.45) is 5.37. The fraction of sp³-hybridized carbons (Fsp3) is 0.346. The van der Waals surface area contributed by atoms with E-state index in [1.807, 2.05) is 30.3 Å². The van der Waals surface area contributed by atoms with E-state index >= 15 is 0 Å². The van der Waals surface area contributed by atoms with E-state index in [0.717, 1.165) is 31.2 Å². The van der Waals surface area contributed by atoms with Gasteiger partial charge in [0, 0.05) is 12.6 Å². The van der Waals surface area contributed by atoms with Gasteiger partial charge in [-0.2, -0.15) is 0 Å². The van der Waals surface area contributed by atoms with E-state index in [1.54, 1.807) is 25.1 Å². The zero-order valence-electron chi connectivity index (χ0n) is 19.2. The van der Waals surface area contributed by atoms with Crippen LogP contribution in [0.2, 0.25) is 0 Å². The molecule has 1 saturated carbocycles. The first-order valence-electron chi connectivity index (χ1n) is 11.5. The van der Waals surface area contributed by atoms with Crippen molar-refractivity contribution in [3.8, 4) is 0 Å². The molecule has 8 nitrogen and oxygen atoms in total. The van der Waals surface area contributed by atoms with Gasteiger partial charge in [-0.25, -0.2) is 0 Å². The Morgan fingerprint density at radius 2 is 1.79 bits per heavy atom. The number of nitrogens with zero attached hydrogens (tertiary/aromatic N) is 1. The normalized spacial score (nSPS) is 14.5. The third kappa shape index (κ3) is 5.75. The molecule has 178 valence electrons. The molecule has 0 radical (unpaired) electrons. The molecule has 34 heavy (non-hydrogen) atoms. The smallest absolute Gasteiger partial charge is 0.287 e. The number of furan rings is 2. The van der Waals surface area contributed by atoms with Crippen LogP contribution in [0.25, 0.3) is 0 Å². The second-order valence-corrected chi connectivity index (χ2v) is 8.51. The van der Waals surface area contributed by atoms with E-state index < -0.39 is 17.9 Å². The van der Waals surface area contributed by atoms with Gasteiger partial charge < -0.3 is 24.4 Å². The number of hydrogen-bond donors (Lipinski definition) is 2. The first kappa shape index (κ1) is 23.4. The van der Waals surface area contributed by atoms with Gasteiger partial charge in [0.1, 0.15) is 11.5 Å². The fourth-order valence-electron chi connectivity index (χ4n) is 4.23. The standard InChI is InChI=1S/C26H29N3O5/c1-18-13-14-21(34-18)24(26(32)28-20-10-5-6-11-20)29(17-19-8-3-2-4-9-19)23(30)16-27-25(31)22-12-7-15-33-22/h2-4,7-9,12-15,20,24H,5-6,10-11,16-17H2,1H3,(H,27,31)(H,28,32)/t24-/m1/s1. The maximum atomic E-state index is 13.5. The Morgan fingerprint density at radius 1 is 1.03 bits per heavy atom. The van der Waals surface area contributed by atoms with Gasteiger partial charge in [0.2, 0.25) is 5.91 Å². The van der Waals surface area contributed by atoms with Crippen LogP contribution < -0.4 is 10.6 Å². The molecular weight excluding hydrogens is 434 g/mol. The summed E-state index contributed by atoms with van der Waals surface area (Å²) >= 11 is 0. The molecule has 1 aromatic carbocycles. The highest BCUT2D eigenvalue weighted by atomic mass is 16.3. The van der Waals surface area contributed by atoms with Gasteiger partial charge in [-0.3, -0.25) is 14.4 Å². The Kier molecular flexibility index (Phi) is 7.47. The lowest BCUT2D eigenvalue weighted by Crippen LogP contribution is -2.48. The van der Waals surface area contributed by atoms with Crippen LogP contribution in [0, 0.1) is 6.92 Å². The van der Waals surface area contributed by atoms with Crippen LogP contribution in [-0.4, -0.2) is 35.2 Å². The van der Waals surface area contributed by atoms with Crippen LogP contribution in [-0.2, 0) is 16.1 Å². The van der Waals surface area contributed by atoms with E-state index in [-0.39, 0.29) is 30.8 Å². The number of nitrogens with one attached hydrogen (secondary N) is 2. The number of hydrogen-bond acceptors (Lipinski definition) is 5. The second kappa shape index (κ2) is 10.9. The summed E-state index contributed by atoms with van der Waals surface area (Å²) in [6, 6.07) is 15.1. The zero-order chi connectivity index (χ0) is 23.9. The largest absolute Gasteiger partial charge is 0.464 e. The molecule has 8 heteroatoms. The Labute approximate surface area is 198 Å². The van der Waals surface area contributed by atoms with E-state index in [1.165, 1.54) is 17.2 Å². The molecule has 0 unspecified atom stereocenters. The molecule has 0 spiro atoms. The molecule has 4 rings (SSSR count). The van der Waals surface area contributed by atoms with Crippen molar-refractivity contribution in [1.82, 2.24) is 15.5 Å². The highest BCUT2D eigenvalue weighted by Gasteiger charge is 2.35. The molecule has 2 N–H and O–H groups in total. The van der Waals surface area contributed by atoms with Crippen molar-refractivity contribution >= 4 is 17.7 Å². The van der Waals surface area contributed by atoms with Gasteiger partial charge in [0.15, 0.2) is 11.8 Å². The maximum absolute atomic E-state index is 13.5. The van der Waals surface area contributed by atoms with Crippen LogP contribution >= 0.6 is 0 Å². The minimum atomic E-state index is -0.970. The predicted octanol–water partition coefficient (Wildman–Crippen LogP) is 3.74. The molecule has 0 bridgehead atoms. The molecule has 2 heterocycles. The maximum Gasteiger partial charge on any atom is 0.287 e. The second-order valence-electron chi connectivity index (χ2n) is 8.51. The van der Waals surface area contributed by atoms with Crippen molar-refractivity contribution in [2.45, 2.75) is 51.2 Å². The molecule has 0 saturated heterocycles. The quantitative estimate of drug-likeness (QED) is 0.503. The van der Waals surface area contributed by atoms with Gasteiger partial charge in [0.25, 0.3) is 11.8 Å². The summed E-state index contributed by atoms with van der Waals surface area (Å²) in [5.74, 6) is -0.0628. The molecule has 1 aliphatic carbocycles. The van der Waals surface area contributed by atoms with E-state index in [0.29, 0.717) is 11.5 Å². The Bertz CT molecular complexity index is 1100. The number of carbonyl (C=O) groups excluding carboxylic acids is 3. The van der Waals surface area contributed by atoms with E-state index in [9.17, 15) is 14.4 Å². The highest BCUT2D eigenvalue weighted by molar-refractivity contribution is 5.95. The Morgan fingerprint density at radius 3 is 2.44 bits per heavy atom. The summed E-state index contributed by atoms with van der Waals surface area (Å²) in [7, 11) is 0. The van der Waals surface area contributed by atoms with Crippen LogP contribution in [0.4, 0.5) is 0 Å². The van der Waals surface area contributed by atoms with Crippen LogP contribution in [0.5, 0.6) is 0 Å². The number of aryl methyl sites for hydroxylation is 1.